The van der Waals surface area contributed by atoms with E-state index in [4.69, 9.17) is 16.7 Å². The topological polar surface area (TPSA) is 24.1 Å². The molecule has 0 bridgehead atoms. The van der Waals surface area contributed by atoms with Gasteiger partial charge in [0.2, 0.25) is 5.51 Å². The molecule has 1 heterocycles. The summed E-state index contributed by atoms with van der Waals surface area (Å²) >= 11 is 7.83. The molecule has 0 fully saturated rings. The van der Waals surface area contributed by atoms with E-state index in [-0.39, 0.29) is 6.61 Å². The van der Waals surface area contributed by atoms with Crippen LogP contribution in [0, 0.1) is 6.92 Å². The fourth-order valence-electron chi connectivity index (χ4n) is 1.76. The molecule has 0 unspecified atom stereocenters. The molecule has 2 nitrogen and oxygen atoms in total. The highest BCUT2D eigenvalue weighted by molar-refractivity contribution is 7.09. The molecule has 1 N–H and O–H groups in total. The Morgan fingerprint density at radius 3 is 2.82 bits per heavy atom. The molecule has 0 aliphatic rings. The van der Waals surface area contributed by atoms with Crippen LogP contribution in [0.1, 0.15) is 16.1 Å². The number of halogens is 1. The van der Waals surface area contributed by atoms with E-state index in [0.29, 0.717) is 0 Å². The van der Waals surface area contributed by atoms with Crippen LogP contribution in [0.15, 0.2) is 29.8 Å². The van der Waals surface area contributed by atoms with Crippen LogP contribution < -0.4 is 4.57 Å². The predicted octanol–water partition coefficient (Wildman–Crippen LogP) is 2.58. The second-order valence-electron chi connectivity index (χ2n) is 3.92. The largest absolute Gasteiger partial charge is 0.396 e. The maximum absolute atomic E-state index is 8.96. The van der Waals surface area contributed by atoms with Crippen molar-refractivity contribution in [3.05, 3.63) is 50.9 Å². The molecule has 2 aromatic rings. The van der Waals surface area contributed by atoms with Gasteiger partial charge in [0.05, 0.1) is 9.90 Å². The number of aliphatic hydroxyl groups is 1. The normalized spacial score (nSPS) is 10.8. The number of rotatable bonds is 4. The summed E-state index contributed by atoms with van der Waals surface area (Å²) in [6.45, 7) is 3.07. The minimum absolute atomic E-state index is 0.202. The Bertz CT molecular complexity index is 510. The molecule has 2 rings (SSSR count). The summed E-state index contributed by atoms with van der Waals surface area (Å²) in [7, 11) is 0. The number of benzene rings is 1. The van der Waals surface area contributed by atoms with Gasteiger partial charge in [-0.05, 0) is 6.07 Å². The lowest BCUT2D eigenvalue weighted by Gasteiger charge is -2.00. The maximum atomic E-state index is 8.96. The van der Waals surface area contributed by atoms with E-state index < -0.39 is 0 Å². The molecule has 17 heavy (non-hydrogen) atoms. The molecule has 1 aromatic carbocycles. The van der Waals surface area contributed by atoms with Crippen molar-refractivity contribution in [2.75, 3.05) is 6.61 Å². The van der Waals surface area contributed by atoms with Crippen LogP contribution in [0.25, 0.3) is 0 Å². The third kappa shape index (κ3) is 2.86. The first-order valence-electron chi connectivity index (χ1n) is 5.53. The second kappa shape index (κ2) is 5.63. The van der Waals surface area contributed by atoms with Crippen LogP contribution in [-0.4, -0.2) is 11.7 Å². The van der Waals surface area contributed by atoms with E-state index in [9.17, 15) is 0 Å². The lowest BCUT2D eigenvalue weighted by atomic mass is 10.2. The highest BCUT2D eigenvalue weighted by atomic mass is 35.5. The summed E-state index contributed by atoms with van der Waals surface area (Å²) in [5.74, 6) is 0. The summed E-state index contributed by atoms with van der Waals surface area (Å²) in [5, 5.41) is 9.76. The number of thiazole rings is 1. The zero-order chi connectivity index (χ0) is 12.3. The Morgan fingerprint density at radius 1 is 1.35 bits per heavy atom. The molecule has 0 aliphatic carbocycles. The minimum atomic E-state index is 0.202. The maximum Gasteiger partial charge on any atom is 0.225 e. The Balaban J connectivity index is 2.22. The molecule has 4 heteroatoms. The third-order valence-corrected chi connectivity index (χ3v) is 4.31. The van der Waals surface area contributed by atoms with Crippen molar-refractivity contribution in [2.24, 2.45) is 0 Å². The molecule has 0 saturated carbocycles. The van der Waals surface area contributed by atoms with Gasteiger partial charge in [-0.25, -0.2) is 0 Å². The monoisotopic (exact) mass is 268 g/mol. The van der Waals surface area contributed by atoms with Crippen molar-refractivity contribution in [3.8, 4) is 0 Å². The van der Waals surface area contributed by atoms with Gasteiger partial charge in [0.15, 0.2) is 12.2 Å². The zero-order valence-corrected chi connectivity index (χ0v) is 11.3. The van der Waals surface area contributed by atoms with Crippen LogP contribution >= 0.6 is 22.9 Å². The molecule has 0 aliphatic heterocycles. The van der Waals surface area contributed by atoms with Crippen molar-refractivity contribution in [1.82, 2.24) is 0 Å². The lowest BCUT2D eigenvalue weighted by molar-refractivity contribution is -0.689. The van der Waals surface area contributed by atoms with Crippen molar-refractivity contribution in [2.45, 2.75) is 19.9 Å². The standard InChI is InChI=1S/C13H15ClNOS/c1-10-13(6-7-16)17-9-15(10)8-11-4-2-3-5-12(11)14/h2-5,9,16H,6-8H2,1H3/q+1. The quantitative estimate of drug-likeness (QED) is 0.847. The van der Waals surface area contributed by atoms with Gasteiger partial charge in [0.1, 0.15) is 0 Å². The molecule has 0 amide bonds. The van der Waals surface area contributed by atoms with E-state index in [1.165, 1.54) is 10.6 Å². The molecule has 0 atom stereocenters. The van der Waals surface area contributed by atoms with Gasteiger partial charge in [-0.1, -0.05) is 41.1 Å². The molecular formula is C13H15ClNOS+. The highest BCUT2D eigenvalue weighted by Gasteiger charge is 2.15. The summed E-state index contributed by atoms with van der Waals surface area (Å²) in [4.78, 5) is 1.24. The number of hydrogen-bond donors (Lipinski definition) is 1. The van der Waals surface area contributed by atoms with Crippen molar-refractivity contribution in [3.63, 3.8) is 0 Å². The average molecular weight is 269 g/mol. The van der Waals surface area contributed by atoms with Crippen LogP contribution in [-0.2, 0) is 13.0 Å². The van der Waals surface area contributed by atoms with E-state index in [1.807, 2.05) is 24.3 Å². The van der Waals surface area contributed by atoms with Gasteiger partial charge >= 0.3 is 0 Å². The first-order valence-corrected chi connectivity index (χ1v) is 6.79. The number of hydrogen-bond acceptors (Lipinski definition) is 2. The lowest BCUT2D eigenvalue weighted by Crippen LogP contribution is -2.35. The van der Waals surface area contributed by atoms with E-state index in [2.05, 4.69) is 17.0 Å². The van der Waals surface area contributed by atoms with E-state index >= 15 is 0 Å². The second-order valence-corrected chi connectivity index (χ2v) is 5.27. The Hall–Kier alpha value is -0.900. The Morgan fingerprint density at radius 2 is 2.12 bits per heavy atom. The molecule has 1 aromatic heterocycles. The van der Waals surface area contributed by atoms with Gasteiger partial charge in [-0.2, -0.15) is 4.57 Å². The van der Waals surface area contributed by atoms with Crippen LogP contribution in [0.2, 0.25) is 5.02 Å². The molecule has 0 radical (unpaired) electrons. The number of nitrogens with zero attached hydrogens (tertiary/aromatic N) is 1. The summed E-state index contributed by atoms with van der Waals surface area (Å²) < 4.78 is 2.18. The van der Waals surface area contributed by atoms with Crippen molar-refractivity contribution in [1.29, 1.82) is 0 Å². The summed E-state index contributed by atoms with van der Waals surface area (Å²) in [6.07, 6.45) is 0.728. The van der Waals surface area contributed by atoms with Crippen molar-refractivity contribution >= 4 is 22.9 Å². The van der Waals surface area contributed by atoms with Gasteiger partial charge in [0.25, 0.3) is 0 Å². The van der Waals surface area contributed by atoms with Gasteiger partial charge in [0, 0.05) is 25.5 Å². The molecule has 0 saturated heterocycles. The highest BCUT2D eigenvalue weighted by Crippen LogP contribution is 2.16. The fraction of sp³-hybridized carbons (Fsp3) is 0.308. The molecule has 0 spiro atoms. The zero-order valence-electron chi connectivity index (χ0n) is 9.69. The first-order chi connectivity index (χ1) is 8.22. The number of aromatic nitrogens is 1. The third-order valence-electron chi connectivity index (χ3n) is 2.79. The first kappa shape index (κ1) is 12.6. The summed E-state index contributed by atoms with van der Waals surface area (Å²) in [5.41, 5.74) is 4.42. The number of aliphatic hydroxyl groups excluding tert-OH is 1. The van der Waals surface area contributed by atoms with E-state index in [0.717, 1.165) is 23.6 Å². The van der Waals surface area contributed by atoms with Gasteiger partial charge in [-0.3, -0.25) is 0 Å². The van der Waals surface area contributed by atoms with Gasteiger partial charge in [-0.15, -0.1) is 0 Å². The SMILES string of the molecule is Cc1c(CCO)sc[n+]1Cc1ccccc1Cl. The predicted molar refractivity (Wildman–Crippen MR) is 70.6 cm³/mol. The average Bonchev–Trinajstić information content (AvgIpc) is 2.65. The smallest absolute Gasteiger partial charge is 0.225 e. The Labute approximate surface area is 110 Å². The van der Waals surface area contributed by atoms with Gasteiger partial charge < -0.3 is 5.11 Å². The molecule has 90 valence electrons. The molecular weight excluding hydrogens is 254 g/mol. The summed E-state index contributed by atoms with van der Waals surface area (Å²) in [6, 6.07) is 7.89. The van der Waals surface area contributed by atoms with Crippen LogP contribution in [0.4, 0.5) is 0 Å². The Kier molecular flexibility index (Phi) is 4.15. The minimum Gasteiger partial charge on any atom is -0.396 e. The van der Waals surface area contributed by atoms with E-state index in [1.54, 1.807) is 11.3 Å². The fourth-order valence-corrected chi connectivity index (χ4v) is 2.94. The van der Waals surface area contributed by atoms with Crippen LogP contribution in [0.5, 0.6) is 0 Å². The van der Waals surface area contributed by atoms with Crippen LogP contribution in [0.3, 0.4) is 0 Å². The van der Waals surface area contributed by atoms with Crippen molar-refractivity contribution < 1.29 is 9.67 Å².